The Labute approximate surface area is 194 Å². The van der Waals surface area contributed by atoms with Crippen molar-refractivity contribution in [3.63, 3.8) is 0 Å². The predicted octanol–water partition coefficient (Wildman–Crippen LogP) is 7.21. The first-order valence-electron chi connectivity index (χ1n) is 11.1. The Balaban J connectivity index is 1.85. The maximum atomic E-state index is 9.49. The summed E-state index contributed by atoms with van der Waals surface area (Å²) in [6.07, 6.45) is 1.68. The third-order valence-corrected chi connectivity index (χ3v) is 6.73. The maximum Gasteiger partial charge on any atom is 0.131 e. The minimum Gasteiger partial charge on any atom is -0.296 e. The Morgan fingerprint density at radius 2 is 1.47 bits per heavy atom. The van der Waals surface area contributed by atoms with Gasteiger partial charge in [-0.1, -0.05) is 66.7 Å². The third kappa shape index (κ3) is 2.29. The lowest BCUT2D eigenvalue weighted by Crippen LogP contribution is -2.01. The number of pyridine rings is 1. The van der Waals surface area contributed by atoms with Crippen LogP contribution in [0.25, 0.3) is 60.8 Å². The second-order valence-corrected chi connectivity index (χ2v) is 8.48. The van der Waals surface area contributed by atoms with Crippen LogP contribution in [0.1, 0.15) is 5.69 Å². The highest BCUT2D eigenvalue weighted by Crippen LogP contribution is 2.42. The van der Waals surface area contributed by atoms with Crippen LogP contribution in [0, 0.1) is 22.7 Å². The van der Waals surface area contributed by atoms with E-state index in [9.17, 15) is 10.5 Å². The Morgan fingerprint density at radius 3 is 2.29 bits per heavy atom. The van der Waals surface area contributed by atoms with Crippen LogP contribution < -0.4 is 0 Å². The first-order valence-corrected chi connectivity index (χ1v) is 11.1. The topological polar surface area (TPSA) is 56.9 Å². The van der Waals surface area contributed by atoms with E-state index >= 15 is 0 Å². The number of para-hydroxylation sites is 2. The summed E-state index contributed by atoms with van der Waals surface area (Å²) in [5.41, 5.74) is 5.18. The molecule has 156 valence electrons. The van der Waals surface area contributed by atoms with Crippen LogP contribution in [0.15, 0.2) is 96.6 Å². The van der Waals surface area contributed by atoms with Gasteiger partial charge in [-0.15, -0.1) is 0 Å². The van der Waals surface area contributed by atoms with Gasteiger partial charge in [0, 0.05) is 27.2 Å². The average Bonchev–Trinajstić information content (AvgIpc) is 3.43. The van der Waals surface area contributed by atoms with Gasteiger partial charge >= 0.3 is 0 Å². The zero-order valence-electron chi connectivity index (χ0n) is 18.0. The van der Waals surface area contributed by atoms with Crippen LogP contribution >= 0.6 is 0 Å². The number of hydrogen-bond acceptors (Lipinski definition) is 2. The van der Waals surface area contributed by atoms with Gasteiger partial charge in [0.2, 0.25) is 0 Å². The molecule has 0 aliphatic carbocycles. The Bertz CT molecular complexity index is 2010. The van der Waals surface area contributed by atoms with Crippen molar-refractivity contribution in [3.05, 3.63) is 102 Å². The van der Waals surface area contributed by atoms with Crippen molar-refractivity contribution in [2.24, 2.45) is 0 Å². The molecule has 7 aromatic rings. The minimum atomic E-state index is 0.0743. The summed E-state index contributed by atoms with van der Waals surface area (Å²) in [4.78, 5) is 0. The van der Waals surface area contributed by atoms with Crippen LogP contribution in [0.5, 0.6) is 0 Å². The monoisotopic (exact) mass is 432 g/mol. The van der Waals surface area contributed by atoms with Crippen molar-refractivity contribution in [1.82, 2.24) is 8.97 Å². The molecule has 0 unspecified atom stereocenters. The minimum absolute atomic E-state index is 0.0743. The van der Waals surface area contributed by atoms with Gasteiger partial charge in [0.1, 0.15) is 23.4 Å². The molecule has 0 N–H and O–H groups in total. The van der Waals surface area contributed by atoms with Crippen molar-refractivity contribution in [2.45, 2.75) is 0 Å². The number of benzene rings is 4. The lowest BCUT2D eigenvalue weighted by Gasteiger charge is -2.14. The zero-order valence-corrected chi connectivity index (χ0v) is 18.0. The Morgan fingerprint density at radius 1 is 0.706 bits per heavy atom. The molecule has 0 spiro atoms. The van der Waals surface area contributed by atoms with Gasteiger partial charge in [-0.2, -0.15) is 10.5 Å². The zero-order chi connectivity index (χ0) is 22.8. The number of fused-ring (bicyclic) bond motifs is 6. The molecule has 0 saturated heterocycles. The lowest BCUT2D eigenvalue weighted by molar-refractivity contribution is 1.06. The molecule has 4 nitrogen and oxygen atoms in total. The number of nitriles is 2. The van der Waals surface area contributed by atoms with E-state index in [0.717, 1.165) is 33.3 Å². The number of aromatic nitrogens is 2. The molecule has 7 rings (SSSR count). The average molecular weight is 432 g/mol. The quantitative estimate of drug-likeness (QED) is 0.271. The summed E-state index contributed by atoms with van der Waals surface area (Å²) >= 11 is 0. The second-order valence-electron chi connectivity index (χ2n) is 8.48. The fourth-order valence-electron chi connectivity index (χ4n) is 5.40. The summed E-state index contributed by atoms with van der Waals surface area (Å²) in [5.74, 6) is 0. The van der Waals surface area contributed by atoms with Crippen molar-refractivity contribution < 1.29 is 0 Å². The van der Waals surface area contributed by atoms with Crippen LogP contribution in [0.3, 0.4) is 0 Å². The van der Waals surface area contributed by atoms with E-state index in [-0.39, 0.29) is 5.57 Å². The molecule has 0 atom stereocenters. The summed E-state index contributed by atoms with van der Waals surface area (Å²) in [6.45, 7) is 0. The molecule has 34 heavy (non-hydrogen) atoms. The largest absolute Gasteiger partial charge is 0.296 e. The van der Waals surface area contributed by atoms with Crippen molar-refractivity contribution in [3.8, 4) is 17.8 Å². The van der Waals surface area contributed by atoms with Gasteiger partial charge in [-0.05, 0) is 41.1 Å². The maximum absolute atomic E-state index is 9.49. The number of nitrogens with zero attached hydrogens (tertiary/aromatic N) is 4. The van der Waals surface area contributed by atoms with E-state index in [1.165, 1.54) is 27.1 Å². The Kier molecular flexibility index (Phi) is 3.66. The highest BCUT2D eigenvalue weighted by atomic mass is 15.1. The molecular weight excluding hydrogens is 416 g/mol. The van der Waals surface area contributed by atoms with Gasteiger partial charge in [-0.25, -0.2) is 0 Å². The van der Waals surface area contributed by atoms with E-state index in [2.05, 4.69) is 81.8 Å². The summed E-state index contributed by atoms with van der Waals surface area (Å²) in [7, 11) is 0. The number of allylic oxidation sites excluding steroid dienone is 1. The fraction of sp³-hybridized carbons (Fsp3) is 0. The molecule has 0 radical (unpaired) electrons. The normalized spacial score (nSPS) is 11.5. The highest BCUT2D eigenvalue weighted by molar-refractivity contribution is 6.28. The van der Waals surface area contributed by atoms with Gasteiger partial charge < -0.3 is 0 Å². The van der Waals surface area contributed by atoms with E-state index in [4.69, 9.17) is 0 Å². The standard InChI is InChI=1S/C30H16N4/c31-17-19(18-32)15-22-16-26-24-11-6-7-20-13-14-25-23-10-4-5-12-27(23)34(29(25)28(20)24)30(26)33(22)21-8-2-1-3-9-21/h1-16H. The smallest absolute Gasteiger partial charge is 0.131 e. The van der Waals surface area contributed by atoms with Gasteiger partial charge in [-0.3, -0.25) is 8.97 Å². The summed E-state index contributed by atoms with van der Waals surface area (Å²) < 4.78 is 4.50. The van der Waals surface area contributed by atoms with Gasteiger partial charge in [0.25, 0.3) is 0 Å². The molecule has 0 saturated carbocycles. The highest BCUT2D eigenvalue weighted by Gasteiger charge is 2.22. The molecule has 4 heteroatoms. The molecule has 0 aliphatic heterocycles. The fourth-order valence-corrected chi connectivity index (χ4v) is 5.40. The van der Waals surface area contributed by atoms with Crippen LogP contribution in [-0.2, 0) is 0 Å². The van der Waals surface area contributed by atoms with E-state index < -0.39 is 0 Å². The molecule has 3 heterocycles. The van der Waals surface area contributed by atoms with Crippen molar-refractivity contribution in [2.75, 3.05) is 0 Å². The van der Waals surface area contributed by atoms with E-state index in [0.29, 0.717) is 0 Å². The first-order chi connectivity index (χ1) is 16.8. The number of hydrogen-bond donors (Lipinski definition) is 0. The molecule has 0 amide bonds. The lowest BCUT2D eigenvalue weighted by atomic mass is 10.0. The summed E-state index contributed by atoms with van der Waals surface area (Å²) in [6, 6.07) is 35.6. The van der Waals surface area contributed by atoms with Gasteiger partial charge in [0.15, 0.2) is 0 Å². The van der Waals surface area contributed by atoms with Crippen molar-refractivity contribution in [1.29, 1.82) is 10.5 Å². The predicted molar refractivity (Wildman–Crippen MR) is 137 cm³/mol. The van der Waals surface area contributed by atoms with Crippen LogP contribution in [-0.4, -0.2) is 8.97 Å². The summed E-state index contributed by atoms with van der Waals surface area (Å²) in [5, 5.41) is 26.1. The van der Waals surface area contributed by atoms with E-state index in [1.54, 1.807) is 6.08 Å². The SMILES string of the molecule is N#CC(C#N)=Cc1cc2c3cccc4ccc5c6ccccc6n(c5c43)c2n1-c1ccccc1. The Hall–Kier alpha value is -5.06. The number of rotatable bonds is 2. The third-order valence-electron chi connectivity index (χ3n) is 6.73. The van der Waals surface area contributed by atoms with Crippen LogP contribution in [0.2, 0.25) is 0 Å². The first kappa shape index (κ1) is 18.5. The molecular formula is C30H16N4. The molecule has 0 fully saturated rings. The molecule has 0 aliphatic rings. The van der Waals surface area contributed by atoms with Crippen LogP contribution in [0.4, 0.5) is 0 Å². The molecule has 4 aromatic carbocycles. The molecule has 3 aromatic heterocycles. The van der Waals surface area contributed by atoms with Gasteiger partial charge in [0.05, 0.1) is 16.7 Å². The van der Waals surface area contributed by atoms with E-state index in [1.807, 2.05) is 30.3 Å². The van der Waals surface area contributed by atoms with Crippen molar-refractivity contribution >= 4 is 55.1 Å². The molecule has 0 bridgehead atoms. The second kappa shape index (κ2) is 6.72.